The van der Waals surface area contributed by atoms with Crippen molar-refractivity contribution in [2.24, 2.45) is 5.92 Å². The van der Waals surface area contributed by atoms with Gasteiger partial charge in [-0.3, -0.25) is 19.8 Å². The normalized spacial score (nSPS) is 32.2. The van der Waals surface area contributed by atoms with Gasteiger partial charge in [0.15, 0.2) is 5.78 Å². The molecule has 0 amide bonds. The van der Waals surface area contributed by atoms with E-state index in [1.165, 1.54) is 0 Å². The second-order valence-electron chi connectivity index (χ2n) is 5.14. The van der Waals surface area contributed by atoms with Gasteiger partial charge in [-0.2, -0.15) is 0 Å². The molecule has 2 aliphatic rings. The third-order valence-corrected chi connectivity index (χ3v) is 4.09. The van der Waals surface area contributed by atoms with Gasteiger partial charge in [0, 0.05) is 37.3 Å². The van der Waals surface area contributed by atoms with Crippen LogP contribution in [0.5, 0.6) is 0 Å². The van der Waals surface area contributed by atoms with Crippen molar-refractivity contribution in [1.29, 1.82) is 0 Å². The molecule has 6 heteroatoms. The minimum Gasteiger partial charge on any atom is -0.379 e. The van der Waals surface area contributed by atoms with E-state index in [-0.39, 0.29) is 22.7 Å². The minimum absolute atomic E-state index is 0.153. The van der Waals surface area contributed by atoms with Gasteiger partial charge < -0.3 is 4.74 Å². The molecule has 1 aliphatic carbocycles. The summed E-state index contributed by atoms with van der Waals surface area (Å²) in [6.45, 7) is 4.26. The molecule has 1 heterocycles. The number of morpholine rings is 1. The van der Waals surface area contributed by atoms with Gasteiger partial charge in [0.25, 0.3) is 0 Å². The first-order valence-electron chi connectivity index (χ1n) is 6.59. The molecule has 2 fully saturated rings. The van der Waals surface area contributed by atoms with E-state index >= 15 is 0 Å². The fourth-order valence-corrected chi connectivity index (χ4v) is 3.05. The molecule has 102 valence electrons. The summed E-state index contributed by atoms with van der Waals surface area (Å²) in [5, 5.41) is 11.0. The number of hydrogen-bond donors (Lipinski definition) is 0. The standard InChI is InChI=1S/C12H20N2O4/c1-9(14(16)17)10-3-2-4-11(15)12(10)13-5-7-18-8-6-13/h9-10,12H,2-8H2,1H3/t9?,10-,12-/m0/s1. The maximum atomic E-state index is 12.1. The van der Waals surface area contributed by atoms with Gasteiger partial charge in [0.1, 0.15) is 0 Å². The number of ether oxygens (including phenoxy) is 1. The Balaban J connectivity index is 2.14. The molecule has 1 saturated heterocycles. The highest BCUT2D eigenvalue weighted by Gasteiger charge is 2.43. The Bertz CT molecular complexity index is 328. The van der Waals surface area contributed by atoms with E-state index < -0.39 is 6.04 Å². The summed E-state index contributed by atoms with van der Waals surface area (Å²) in [6, 6.07) is -0.926. The summed E-state index contributed by atoms with van der Waals surface area (Å²) in [5.41, 5.74) is 0. The van der Waals surface area contributed by atoms with Crippen LogP contribution < -0.4 is 0 Å². The number of ketones is 1. The van der Waals surface area contributed by atoms with Crippen molar-refractivity contribution in [2.45, 2.75) is 38.3 Å². The molecule has 0 aromatic carbocycles. The lowest BCUT2D eigenvalue weighted by atomic mass is 9.78. The average molecular weight is 256 g/mol. The van der Waals surface area contributed by atoms with Gasteiger partial charge in [-0.15, -0.1) is 0 Å². The maximum Gasteiger partial charge on any atom is 0.215 e. The highest BCUT2D eigenvalue weighted by molar-refractivity contribution is 5.85. The van der Waals surface area contributed by atoms with Gasteiger partial charge in [-0.1, -0.05) is 0 Å². The Labute approximate surface area is 106 Å². The Morgan fingerprint density at radius 2 is 2.11 bits per heavy atom. The number of carbonyl (C=O) groups excluding carboxylic acids is 1. The molecule has 2 rings (SSSR count). The number of rotatable bonds is 3. The van der Waals surface area contributed by atoms with Crippen LogP contribution in [0.1, 0.15) is 26.2 Å². The first kappa shape index (κ1) is 13.4. The lowest BCUT2D eigenvalue weighted by molar-refractivity contribution is -0.529. The van der Waals surface area contributed by atoms with E-state index in [4.69, 9.17) is 4.74 Å². The molecule has 18 heavy (non-hydrogen) atoms. The topological polar surface area (TPSA) is 72.7 Å². The third kappa shape index (κ3) is 2.70. The second-order valence-corrected chi connectivity index (χ2v) is 5.14. The number of nitrogens with zero attached hydrogens (tertiary/aromatic N) is 2. The zero-order valence-electron chi connectivity index (χ0n) is 10.7. The molecule has 1 saturated carbocycles. The molecular weight excluding hydrogens is 236 g/mol. The Morgan fingerprint density at radius 1 is 1.44 bits per heavy atom. The molecule has 0 radical (unpaired) electrons. The van der Waals surface area contributed by atoms with E-state index in [0.29, 0.717) is 32.7 Å². The van der Waals surface area contributed by atoms with E-state index in [0.717, 1.165) is 12.8 Å². The number of carbonyl (C=O) groups is 1. The van der Waals surface area contributed by atoms with Gasteiger partial charge in [-0.05, 0) is 12.8 Å². The number of nitro groups is 1. The molecule has 1 aliphatic heterocycles. The van der Waals surface area contributed by atoms with Crippen LogP contribution in [0.4, 0.5) is 0 Å². The first-order chi connectivity index (χ1) is 8.61. The van der Waals surface area contributed by atoms with Crippen molar-refractivity contribution in [1.82, 2.24) is 4.90 Å². The number of Topliss-reactive ketones (excluding diaryl/α,β-unsaturated/α-hetero) is 1. The predicted molar refractivity (Wildman–Crippen MR) is 65.0 cm³/mol. The van der Waals surface area contributed by atoms with Gasteiger partial charge in [0.2, 0.25) is 6.04 Å². The second kappa shape index (κ2) is 5.75. The molecule has 3 atom stereocenters. The predicted octanol–water partition coefficient (Wildman–Crippen LogP) is 0.722. The summed E-state index contributed by atoms with van der Waals surface area (Å²) in [6.07, 6.45) is 2.11. The van der Waals surface area contributed by atoms with E-state index in [9.17, 15) is 14.9 Å². The maximum absolute atomic E-state index is 12.1. The van der Waals surface area contributed by atoms with Crippen LogP contribution in [0.25, 0.3) is 0 Å². The zero-order chi connectivity index (χ0) is 13.1. The van der Waals surface area contributed by atoms with Crippen LogP contribution >= 0.6 is 0 Å². The van der Waals surface area contributed by atoms with Crippen molar-refractivity contribution in [3.05, 3.63) is 10.1 Å². The van der Waals surface area contributed by atoms with Gasteiger partial charge >= 0.3 is 0 Å². The van der Waals surface area contributed by atoms with E-state index in [1.807, 2.05) is 0 Å². The fraction of sp³-hybridized carbons (Fsp3) is 0.917. The number of hydrogen-bond acceptors (Lipinski definition) is 5. The van der Waals surface area contributed by atoms with Crippen LogP contribution in [0.15, 0.2) is 0 Å². The van der Waals surface area contributed by atoms with Crippen molar-refractivity contribution in [3.63, 3.8) is 0 Å². The van der Waals surface area contributed by atoms with Crippen LogP contribution in [-0.4, -0.2) is 54.0 Å². The lowest BCUT2D eigenvalue weighted by Crippen LogP contribution is -2.55. The largest absolute Gasteiger partial charge is 0.379 e. The smallest absolute Gasteiger partial charge is 0.215 e. The highest BCUT2D eigenvalue weighted by Crippen LogP contribution is 2.30. The molecule has 0 N–H and O–H groups in total. The summed E-state index contributed by atoms with van der Waals surface area (Å²) in [4.78, 5) is 24.9. The van der Waals surface area contributed by atoms with Crippen LogP contribution in [0.2, 0.25) is 0 Å². The van der Waals surface area contributed by atoms with Crippen molar-refractivity contribution in [2.75, 3.05) is 26.3 Å². The molecule has 0 bridgehead atoms. The summed E-state index contributed by atoms with van der Waals surface area (Å²) in [7, 11) is 0. The molecule has 6 nitrogen and oxygen atoms in total. The zero-order valence-corrected chi connectivity index (χ0v) is 10.7. The van der Waals surface area contributed by atoms with Crippen molar-refractivity contribution < 1.29 is 14.5 Å². The molecule has 1 unspecified atom stereocenters. The van der Waals surface area contributed by atoms with Crippen LogP contribution in [0.3, 0.4) is 0 Å². The minimum atomic E-state index is -0.651. The average Bonchev–Trinajstić information content (AvgIpc) is 2.38. The van der Waals surface area contributed by atoms with E-state index in [2.05, 4.69) is 4.90 Å². The third-order valence-electron chi connectivity index (χ3n) is 4.09. The molecule has 0 aromatic rings. The SMILES string of the molecule is CC([C@@H]1CCCC(=O)[C@H]1N1CCOCC1)[N+](=O)[O-]. The Hall–Kier alpha value is -1.01. The van der Waals surface area contributed by atoms with E-state index in [1.54, 1.807) is 6.92 Å². The van der Waals surface area contributed by atoms with Gasteiger partial charge in [0.05, 0.1) is 19.3 Å². The van der Waals surface area contributed by atoms with Crippen molar-refractivity contribution in [3.8, 4) is 0 Å². The summed E-state index contributed by atoms with van der Waals surface area (Å²) in [5.74, 6) is 0.0150. The van der Waals surface area contributed by atoms with Crippen LogP contribution in [0, 0.1) is 16.0 Å². The van der Waals surface area contributed by atoms with Gasteiger partial charge in [-0.25, -0.2) is 0 Å². The Morgan fingerprint density at radius 3 is 2.72 bits per heavy atom. The highest BCUT2D eigenvalue weighted by atomic mass is 16.6. The monoisotopic (exact) mass is 256 g/mol. The summed E-state index contributed by atoms with van der Waals surface area (Å²) >= 11 is 0. The first-order valence-corrected chi connectivity index (χ1v) is 6.59. The molecular formula is C12H20N2O4. The quantitative estimate of drug-likeness (QED) is 0.549. The Kier molecular flexibility index (Phi) is 4.29. The molecule has 0 aromatic heterocycles. The fourth-order valence-electron chi connectivity index (χ4n) is 3.05. The summed E-state index contributed by atoms with van der Waals surface area (Å²) < 4.78 is 5.28. The van der Waals surface area contributed by atoms with Crippen molar-refractivity contribution >= 4 is 5.78 Å². The lowest BCUT2D eigenvalue weighted by Gasteiger charge is -2.40. The molecule has 0 spiro atoms. The van der Waals surface area contributed by atoms with Crippen LogP contribution in [-0.2, 0) is 9.53 Å².